The van der Waals surface area contributed by atoms with E-state index >= 15 is 0 Å². The van der Waals surface area contributed by atoms with Gasteiger partial charge in [0, 0.05) is 7.05 Å². The van der Waals surface area contributed by atoms with E-state index in [1.54, 1.807) is 15.6 Å². The summed E-state index contributed by atoms with van der Waals surface area (Å²) in [4.78, 5) is 4.39. The smallest absolute Gasteiger partial charge is 0.125 e. The molecule has 84 valence electrons. The molecule has 0 spiro atoms. The van der Waals surface area contributed by atoms with Gasteiger partial charge in [0.25, 0.3) is 0 Å². The van der Waals surface area contributed by atoms with E-state index in [9.17, 15) is 0 Å². The molecule has 0 aliphatic carbocycles. The molecule has 0 bridgehead atoms. The summed E-state index contributed by atoms with van der Waals surface area (Å²) in [6, 6.07) is 0. The zero-order chi connectivity index (χ0) is 11.7. The highest BCUT2D eigenvalue weighted by atomic mass is 79.9. The van der Waals surface area contributed by atoms with Crippen molar-refractivity contribution in [2.75, 3.05) is 5.43 Å². The Balaban J connectivity index is 2.45. The van der Waals surface area contributed by atoms with Crippen molar-refractivity contribution < 1.29 is 0 Å². The summed E-state index contributed by atoms with van der Waals surface area (Å²) in [6.07, 6.45) is 4.68. The molecule has 2 N–H and O–H groups in total. The van der Waals surface area contributed by atoms with Gasteiger partial charge in [0.05, 0.1) is 30.0 Å². The van der Waals surface area contributed by atoms with E-state index in [0.29, 0.717) is 0 Å². The van der Waals surface area contributed by atoms with E-state index in [0.717, 1.165) is 28.0 Å². The van der Waals surface area contributed by atoms with E-state index in [2.05, 4.69) is 31.4 Å². The van der Waals surface area contributed by atoms with Crippen LogP contribution in [0.4, 0.5) is 0 Å². The number of hydrogen-bond acceptors (Lipinski definition) is 3. The molecule has 2 heterocycles. The molecule has 6 nitrogen and oxygen atoms in total. The molecular weight excluding hydrogens is 272 g/mol. The van der Waals surface area contributed by atoms with Gasteiger partial charge >= 0.3 is 0 Å². The third-order valence-electron chi connectivity index (χ3n) is 2.23. The molecule has 0 aliphatic heterocycles. The molecule has 0 atom stereocenters. The summed E-state index contributed by atoms with van der Waals surface area (Å²) in [5, 5.41) is 11.1. The number of aromatic nitrogens is 4. The SMILES string of the molecule is Cc1nc(-c2cnn(C)c2Br)cn1NC=N. The van der Waals surface area contributed by atoms with Crippen molar-refractivity contribution in [3.63, 3.8) is 0 Å². The lowest BCUT2D eigenvalue weighted by Crippen LogP contribution is -2.11. The highest BCUT2D eigenvalue weighted by Gasteiger charge is 2.12. The number of aryl methyl sites for hydroxylation is 2. The molecule has 0 unspecified atom stereocenters. The number of nitrogens with one attached hydrogen (secondary N) is 2. The Morgan fingerprint density at radius 3 is 2.88 bits per heavy atom. The van der Waals surface area contributed by atoms with Crippen LogP contribution < -0.4 is 5.43 Å². The summed E-state index contributed by atoms with van der Waals surface area (Å²) in [5.74, 6) is 0.786. The van der Waals surface area contributed by atoms with Crippen molar-refractivity contribution in [3.8, 4) is 11.3 Å². The van der Waals surface area contributed by atoms with Crippen LogP contribution in [-0.4, -0.2) is 25.8 Å². The van der Waals surface area contributed by atoms with Crippen LogP contribution in [0.5, 0.6) is 0 Å². The summed E-state index contributed by atoms with van der Waals surface area (Å²) in [6.45, 7) is 1.87. The van der Waals surface area contributed by atoms with Gasteiger partial charge in [-0.3, -0.25) is 15.5 Å². The monoisotopic (exact) mass is 282 g/mol. The lowest BCUT2D eigenvalue weighted by atomic mass is 10.3. The van der Waals surface area contributed by atoms with Crippen molar-refractivity contribution >= 4 is 22.3 Å². The van der Waals surface area contributed by atoms with Crippen molar-refractivity contribution in [2.45, 2.75) is 6.92 Å². The number of halogens is 1. The van der Waals surface area contributed by atoms with Crippen molar-refractivity contribution in [2.24, 2.45) is 7.05 Å². The van der Waals surface area contributed by atoms with Gasteiger partial charge in [-0.1, -0.05) is 0 Å². The van der Waals surface area contributed by atoms with Gasteiger partial charge in [0.1, 0.15) is 10.4 Å². The first-order chi connectivity index (χ1) is 7.63. The second-order valence-corrected chi connectivity index (χ2v) is 4.04. The number of imidazole rings is 1. The largest absolute Gasteiger partial charge is 0.290 e. The Kier molecular flexibility index (Phi) is 2.78. The Morgan fingerprint density at radius 2 is 2.31 bits per heavy atom. The Morgan fingerprint density at radius 1 is 1.56 bits per heavy atom. The molecule has 2 aromatic rings. The molecule has 2 rings (SSSR count). The second-order valence-electron chi connectivity index (χ2n) is 3.29. The average molecular weight is 283 g/mol. The maximum absolute atomic E-state index is 6.99. The minimum atomic E-state index is 0.786. The summed E-state index contributed by atoms with van der Waals surface area (Å²) in [5.41, 5.74) is 4.48. The molecule has 0 saturated heterocycles. The maximum atomic E-state index is 6.99. The van der Waals surface area contributed by atoms with Crippen LogP contribution in [0.2, 0.25) is 0 Å². The number of hydrogen-bond donors (Lipinski definition) is 2. The minimum Gasteiger partial charge on any atom is -0.290 e. The van der Waals surface area contributed by atoms with E-state index in [1.807, 2.05) is 20.2 Å². The molecule has 0 aliphatic rings. The quantitative estimate of drug-likeness (QED) is 0.662. The molecule has 0 aromatic carbocycles. The van der Waals surface area contributed by atoms with Crippen molar-refractivity contribution in [1.82, 2.24) is 19.4 Å². The lowest BCUT2D eigenvalue weighted by Gasteiger charge is -1.99. The molecule has 0 radical (unpaired) electrons. The predicted molar refractivity (Wildman–Crippen MR) is 65.0 cm³/mol. The maximum Gasteiger partial charge on any atom is 0.125 e. The highest BCUT2D eigenvalue weighted by molar-refractivity contribution is 9.10. The molecule has 7 heteroatoms. The first-order valence-electron chi connectivity index (χ1n) is 4.63. The molecule has 0 amide bonds. The predicted octanol–water partition coefficient (Wildman–Crippen LogP) is 1.51. The highest BCUT2D eigenvalue weighted by Crippen LogP contribution is 2.26. The van der Waals surface area contributed by atoms with Crippen LogP contribution in [0, 0.1) is 12.3 Å². The van der Waals surface area contributed by atoms with E-state index in [4.69, 9.17) is 5.41 Å². The van der Waals surface area contributed by atoms with E-state index in [-0.39, 0.29) is 0 Å². The van der Waals surface area contributed by atoms with Gasteiger partial charge in [-0.15, -0.1) is 0 Å². The van der Waals surface area contributed by atoms with Crippen LogP contribution in [0.3, 0.4) is 0 Å². The Hall–Kier alpha value is -1.63. The minimum absolute atomic E-state index is 0.786. The summed E-state index contributed by atoms with van der Waals surface area (Å²) in [7, 11) is 1.85. The van der Waals surface area contributed by atoms with Crippen molar-refractivity contribution in [1.29, 1.82) is 5.41 Å². The standard InChI is InChI=1S/C9H11BrN6/c1-6-14-8(4-16(6)13-5-11)7-3-12-15(2)9(7)10/h3-5H,1-2H3,(H2,11,13). The molecule has 2 aromatic heterocycles. The van der Waals surface area contributed by atoms with Crippen LogP contribution in [0.25, 0.3) is 11.3 Å². The molecule has 0 saturated carbocycles. The van der Waals surface area contributed by atoms with Gasteiger partial charge in [-0.25, -0.2) is 9.66 Å². The first-order valence-corrected chi connectivity index (χ1v) is 5.42. The van der Waals surface area contributed by atoms with Crippen LogP contribution in [-0.2, 0) is 7.05 Å². The third kappa shape index (κ3) is 1.73. The topological polar surface area (TPSA) is 71.5 Å². The van der Waals surface area contributed by atoms with Crippen LogP contribution in [0.1, 0.15) is 5.82 Å². The molecule has 0 fully saturated rings. The molecular formula is C9H11BrN6. The molecule has 16 heavy (non-hydrogen) atoms. The normalized spacial score (nSPS) is 10.4. The van der Waals surface area contributed by atoms with Gasteiger partial charge in [-0.05, 0) is 22.9 Å². The fourth-order valence-corrected chi connectivity index (χ4v) is 1.79. The van der Waals surface area contributed by atoms with Gasteiger partial charge in [-0.2, -0.15) is 5.10 Å². The Bertz CT molecular complexity index is 526. The number of rotatable bonds is 3. The zero-order valence-corrected chi connectivity index (χ0v) is 10.5. The van der Waals surface area contributed by atoms with E-state index < -0.39 is 0 Å². The second kappa shape index (κ2) is 4.09. The summed E-state index contributed by atoms with van der Waals surface area (Å²) < 4.78 is 4.29. The third-order valence-corrected chi connectivity index (χ3v) is 3.17. The fourth-order valence-electron chi connectivity index (χ4n) is 1.40. The number of nitrogens with zero attached hydrogens (tertiary/aromatic N) is 4. The fraction of sp³-hybridized carbons (Fsp3) is 0.222. The Labute approximate surface area is 101 Å². The van der Waals surface area contributed by atoms with Crippen molar-refractivity contribution in [3.05, 3.63) is 22.8 Å². The van der Waals surface area contributed by atoms with Crippen LogP contribution in [0.15, 0.2) is 17.0 Å². The zero-order valence-electron chi connectivity index (χ0n) is 8.90. The van der Waals surface area contributed by atoms with Gasteiger partial charge < -0.3 is 0 Å². The van der Waals surface area contributed by atoms with E-state index in [1.165, 1.54) is 0 Å². The average Bonchev–Trinajstić information content (AvgIpc) is 2.75. The van der Waals surface area contributed by atoms with Gasteiger partial charge in [0.15, 0.2) is 0 Å². The van der Waals surface area contributed by atoms with Gasteiger partial charge in [0.2, 0.25) is 0 Å². The van der Waals surface area contributed by atoms with Crippen LogP contribution >= 0.6 is 15.9 Å². The first kappa shape index (κ1) is 10.9. The lowest BCUT2D eigenvalue weighted by molar-refractivity contribution is 0.750. The summed E-state index contributed by atoms with van der Waals surface area (Å²) >= 11 is 3.45.